The van der Waals surface area contributed by atoms with E-state index < -0.39 is 0 Å². The molecule has 14 heavy (non-hydrogen) atoms. The van der Waals surface area contributed by atoms with E-state index in [4.69, 9.17) is 0 Å². The summed E-state index contributed by atoms with van der Waals surface area (Å²) in [6.45, 7) is 1.89. The molecular formula is C10H12N4. The normalized spacial score (nSPS) is 10.1. The fourth-order valence-electron chi connectivity index (χ4n) is 1.29. The maximum Gasteiger partial charge on any atom is 0.181 e. The van der Waals surface area contributed by atoms with Gasteiger partial charge in [-0.1, -0.05) is 12.1 Å². The van der Waals surface area contributed by atoms with Crippen molar-refractivity contribution in [3.63, 3.8) is 0 Å². The molecular weight excluding hydrogens is 176 g/mol. The van der Waals surface area contributed by atoms with E-state index >= 15 is 0 Å². The summed E-state index contributed by atoms with van der Waals surface area (Å²) in [5, 5.41) is 10.00. The first-order valence-corrected chi connectivity index (χ1v) is 4.47. The van der Waals surface area contributed by atoms with Crippen molar-refractivity contribution in [3.05, 3.63) is 30.1 Å². The average Bonchev–Trinajstić information content (AvgIpc) is 2.65. The third kappa shape index (κ3) is 1.59. The van der Waals surface area contributed by atoms with Crippen molar-refractivity contribution in [1.29, 1.82) is 0 Å². The van der Waals surface area contributed by atoms with Crippen molar-refractivity contribution < 1.29 is 0 Å². The molecule has 0 atom stereocenters. The summed E-state index contributed by atoms with van der Waals surface area (Å²) in [5.74, 6) is 1.56. The van der Waals surface area contributed by atoms with Crippen molar-refractivity contribution in [2.75, 3.05) is 12.4 Å². The Morgan fingerprint density at radius 1 is 1.36 bits per heavy atom. The van der Waals surface area contributed by atoms with E-state index in [-0.39, 0.29) is 0 Å². The Morgan fingerprint density at radius 2 is 2.21 bits per heavy atom. The van der Waals surface area contributed by atoms with Gasteiger partial charge in [-0.15, -0.1) is 0 Å². The fourth-order valence-corrected chi connectivity index (χ4v) is 1.29. The molecule has 0 bridgehead atoms. The van der Waals surface area contributed by atoms with Crippen molar-refractivity contribution >= 4 is 5.69 Å². The molecule has 72 valence electrons. The van der Waals surface area contributed by atoms with E-state index in [1.165, 1.54) is 0 Å². The van der Waals surface area contributed by atoms with E-state index in [0.717, 1.165) is 22.9 Å². The third-order valence-corrected chi connectivity index (χ3v) is 2.01. The van der Waals surface area contributed by atoms with Gasteiger partial charge in [0.2, 0.25) is 0 Å². The number of aryl methyl sites for hydroxylation is 1. The van der Waals surface area contributed by atoms with Crippen LogP contribution in [0.5, 0.6) is 0 Å². The SMILES string of the molecule is CNc1cccc(-c2n[nH]c(C)n2)c1. The van der Waals surface area contributed by atoms with Crippen LogP contribution in [0.3, 0.4) is 0 Å². The molecule has 0 spiro atoms. The summed E-state index contributed by atoms with van der Waals surface area (Å²) >= 11 is 0. The minimum absolute atomic E-state index is 0.736. The van der Waals surface area contributed by atoms with Gasteiger partial charge in [0.15, 0.2) is 5.82 Å². The van der Waals surface area contributed by atoms with Crippen LogP contribution in [-0.4, -0.2) is 22.2 Å². The topological polar surface area (TPSA) is 53.6 Å². The molecule has 0 saturated carbocycles. The zero-order valence-electron chi connectivity index (χ0n) is 8.20. The number of aromatic nitrogens is 3. The minimum atomic E-state index is 0.736. The van der Waals surface area contributed by atoms with Crippen molar-refractivity contribution in [2.45, 2.75) is 6.92 Å². The third-order valence-electron chi connectivity index (χ3n) is 2.01. The highest BCUT2D eigenvalue weighted by molar-refractivity contribution is 5.61. The Bertz CT molecular complexity index is 433. The number of anilines is 1. The molecule has 0 amide bonds. The number of H-pyrrole nitrogens is 1. The Morgan fingerprint density at radius 3 is 2.86 bits per heavy atom. The Hall–Kier alpha value is -1.84. The number of hydrogen-bond acceptors (Lipinski definition) is 3. The van der Waals surface area contributed by atoms with Crippen LogP contribution < -0.4 is 5.32 Å². The summed E-state index contributed by atoms with van der Waals surface area (Å²) in [6, 6.07) is 7.99. The summed E-state index contributed by atoms with van der Waals surface area (Å²) in [6.07, 6.45) is 0. The van der Waals surface area contributed by atoms with E-state index in [9.17, 15) is 0 Å². The molecule has 0 aliphatic rings. The van der Waals surface area contributed by atoms with E-state index in [2.05, 4.69) is 20.5 Å². The standard InChI is InChI=1S/C10H12N4/c1-7-12-10(14-13-7)8-4-3-5-9(6-8)11-2/h3-6,11H,1-2H3,(H,12,13,14). The Balaban J connectivity index is 2.41. The number of hydrogen-bond donors (Lipinski definition) is 2. The monoisotopic (exact) mass is 188 g/mol. The molecule has 0 radical (unpaired) electrons. The highest BCUT2D eigenvalue weighted by Crippen LogP contribution is 2.18. The molecule has 0 saturated heterocycles. The van der Waals surface area contributed by atoms with E-state index in [1.54, 1.807) is 0 Å². The largest absolute Gasteiger partial charge is 0.388 e. The summed E-state index contributed by atoms with van der Waals surface area (Å²) < 4.78 is 0. The molecule has 4 nitrogen and oxygen atoms in total. The van der Waals surface area contributed by atoms with Gasteiger partial charge in [0.1, 0.15) is 5.82 Å². The molecule has 1 aromatic heterocycles. The van der Waals surface area contributed by atoms with Gasteiger partial charge in [0, 0.05) is 18.3 Å². The van der Waals surface area contributed by atoms with Crippen LogP contribution in [0.25, 0.3) is 11.4 Å². The van der Waals surface area contributed by atoms with E-state index in [0.29, 0.717) is 0 Å². The first kappa shape index (κ1) is 8.74. The smallest absolute Gasteiger partial charge is 0.181 e. The first-order chi connectivity index (χ1) is 6.79. The quantitative estimate of drug-likeness (QED) is 0.755. The minimum Gasteiger partial charge on any atom is -0.388 e. The lowest BCUT2D eigenvalue weighted by Crippen LogP contribution is -1.88. The van der Waals surface area contributed by atoms with Crippen molar-refractivity contribution in [2.24, 2.45) is 0 Å². The molecule has 0 aliphatic carbocycles. The predicted molar refractivity (Wildman–Crippen MR) is 56.1 cm³/mol. The van der Waals surface area contributed by atoms with Crippen LogP contribution in [-0.2, 0) is 0 Å². The summed E-state index contributed by atoms with van der Waals surface area (Å²) in [7, 11) is 1.89. The second-order valence-corrected chi connectivity index (χ2v) is 3.08. The van der Waals surface area contributed by atoms with Gasteiger partial charge < -0.3 is 5.32 Å². The molecule has 0 unspecified atom stereocenters. The van der Waals surface area contributed by atoms with Gasteiger partial charge in [0.05, 0.1) is 0 Å². The van der Waals surface area contributed by atoms with Crippen LogP contribution in [0.1, 0.15) is 5.82 Å². The molecule has 2 N–H and O–H groups in total. The van der Waals surface area contributed by atoms with Gasteiger partial charge >= 0.3 is 0 Å². The van der Waals surface area contributed by atoms with Crippen LogP contribution in [0.15, 0.2) is 24.3 Å². The van der Waals surface area contributed by atoms with Crippen molar-refractivity contribution in [3.8, 4) is 11.4 Å². The zero-order valence-corrected chi connectivity index (χ0v) is 8.20. The van der Waals surface area contributed by atoms with Crippen LogP contribution in [0.2, 0.25) is 0 Å². The number of aromatic amines is 1. The number of rotatable bonds is 2. The molecule has 2 rings (SSSR count). The van der Waals surface area contributed by atoms with Gasteiger partial charge in [0.25, 0.3) is 0 Å². The average molecular weight is 188 g/mol. The van der Waals surface area contributed by atoms with E-state index in [1.807, 2.05) is 38.2 Å². The summed E-state index contributed by atoms with van der Waals surface area (Å²) in [5.41, 5.74) is 2.08. The predicted octanol–water partition coefficient (Wildman–Crippen LogP) is 1.82. The van der Waals surface area contributed by atoms with Gasteiger partial charge in [-0.05, 0) is 19.1 Å². The lowest BCUT2D eigenvalue weighted by Gasteiger charge is -2.00. The Labute approximate surface area is 82.4 Å². The number of nitrogens with zero attached hydrogens (tertiary/aromatic N) is 2. The molecule has 0 fully saturated rings. The highest BCUT2D eigenvalue weighted by atomic mass is 15.2. The van der Waals surface area contributed by atoms with Crippen molar-refractivity contribution in [1.82, 2.24) is 15.2 Å². The van der Waals surface area contributed by atoms with Crippen LogP contribution in [0.4, 0.5) is 5.69 Å². The fraction of sp³-hybridized carbons (Fsp3) is 0.200. The number of benzene rings is 1. The van der Waals surface area contributed by atoms with Gasteiger partial charge in [-0.25, -0.2) is 4.98 Å². The summed E-state index contributed by atoms with van der Waals surface area (Å²) in [4.78, 5) is 4.26. The maximum atomic E-state index is 4.26. The lowest BCUT2D eigenvalue weighted by atomic mass is 10.2. The molecule has 2 aromatic rings. The Kier molecular flexibility index (Phi) is 2.18. The van der Waals surface area contributed by atoms with Gasteiger partial charge in [-0.2, -0.15) is 5.10 Å². The second kappa shape index (κ2) is 3.49. The lowest BCUT2D eigenvalue weighted by molar-refractivity contribution is 1.04. The highest BCUT2D eigenvalue weighted by Gasteiger charge is 2.03. The van der Waals surface area contributed by atoms with Gasteiger partial charge in [-0.3, -0.25) is 5.10 Å². The number of nitrogens with one attached hydrogen (secondary N) is 2. The molecule has 0 aliphatic heterocycles. The molecule has 1 heterocycles. The van der Waals surface area contributed by atoms with Crippen LogP contribution >= 0.6 is 0 Å². The van der Waals surface area contributed by atoms with Crippen LogP contribution in [0, 0.1) is 6.92 Å². The first-order valence-electron chi connectivity index (χ1n) is 4.47. The molecule has 1 aromatic carbocycles. The maximum absolute atomic E-state index is 4.26. The molecule has 4 heteroatoms. The zero-order chi connectivity index (χ0) is 9.97. The second-order valence-electron chi connectivity index (χ2n) is 3.08.